The van der Waals surface area contributed by atoms with Gasteiger partial charge in [-0.3, -0.25) is 0 Å². The van der Waals surface area contributed by atoms with Crippen LogP contribution in [-0.4, -0.2) is 28.6 Å². The van der Waals surface area contributed by atoms with Crippen molar-refractivity contribution < 1.29 is 18.4 Å². The van der Waals surface area contributed by atoms with Crippen LogP contribution in [0.2, 0.25) is 39.3 Å². The molecule has 0 aliphatic carbocycles. The van der Waals surface area contributed by atoms with Crippen LogP contribution >= 0.6 is 11.3 Å². The average molecular weight is 317 g/mol. The van der Waals surface area contributed by atoms with Gasteiger partial charge in [0.2, 0.25) is 16.6 Å². The van der Waals surface area contributed by atoms with Crippen molar-refractivity contribution in [3.63, 3.8) is 0 Å². The second-order valence-electron chi connectivity index (χ2n) is 6.17. The third-order valence-corrected chi connectivity index (χ3v) is 4.36. The first-order valence-electron chi connectivity index (χ1n) is 6.04. The molecular formula is C12H20O4SSi2. The highest BCUT2D eigenvalue weighted by Crippen LogP contribution is 2.22. The minimum atomic E-state index is -1.97. The van der Waals surface area contributed by atoms with Gasteiger partial charge in [0.15, 0.2) is 0 Å². The fourth-order valence-electron chi connectivity index (χ4n) is 1.29. The van der Waals surface area contributed by atoms with Crippen LogP contribution in [0.5, 0.6) is 0 Å². The van der Waals surface area contributed by atoms with Gasteiger partial charge in [-0.25, -0.2) is 9.59 Å². The van der Waals surface area contributed by atoms with E-state index in [2.05, 4.69) is 0 Å². The number of carbonyl (C=O) groups excluding carboxylic acids is 2. The lowest BCUT2D eigenvalue weighted by Gasteiger charge is -2.19. The largest absolute Gasteiger partial charge is 0.516 e. The third-order valence-electron chi connectivity index (χ3n) is 1.87. The van der Waals surface area contributed by atoms with Crippen LogP contribution in [0.15, 0.2) is 11.4 Å². The van der Waals surface area contributed by atoms with Crippen LogP contribution in [0.1, 0.15) is 20.0 Å². The maximum Gasteiger partial charge on any atom is 0.335 e. The molecular weight excluding hydrogens is 296 g/mol. The molecule has 0 spiro atoms. The Kier molecular flexibility index (Phi) is 4.75. The van der Waals surface area contributed by atoms with E-state index >= 15 is 0 Å². The summed E-state index contributed by atoms with van der Waals surface area (Å²) in [7, 11) is -3.94. The lowest BCUT2D eigenvalue weighted by Crippen LogP contribution is -2.31. The third kappa shape index (κ3) is 5.29. The number of hydrogen-bond donors (Lipinski definition) is 0. The van der Waals surface area contributed by atoms with Crippen LogP contribution in [0.4, 0.5) is 0 Å². The van der Waals surface area contributed by atoms with Gasteiger partial charge in [0.05, 0.1) is 5.56 Å². The van der Waals surface area contributed by atoms with E-state index in [-0.39, 0.29) is 0 Å². The van der Waals surface area contributed by atoms with Crippen LogP contribution in [-0.2, 0) is 8.85 Å². The highest BCUT2D eigenvalue weighted by Gasteiger charge is 2.28. The van der Waals surface area contributed by atoms with E-state index in [9.17, 15) is 9.59 Å². The maximum absolute atomic E-state index is 12.0. The van der Waals surface area contributed by atoms with Crippen molar-refractivity contribution in [3.8, 4) is 0 Å². The minimum Gasteiger partial charge on any atom is -0.516 e. The lowest BCUT2D eigenvalue weighted by molar-refractivity contribution is 0.0685. The monoisotopic (exact) mass is 316 g/mol. The molecule has 1 rings (SSSR count). The van der Waals surface area contributed by atoms with Crippen molar-refractivity contribution in [2.24, 2.45) is 0 Å². The van der Waals surface area contributed by atoms with Crippen molar-refractivity contribution in [1.29, 1.82) is 0 Å². The van der Waals surface area contributed by atoms with Crippen molar-refractivity contribution in [3.05, 3.63) is 21.9 Å². The Bertz CT molecular complexity index is 440. The second kappa shape index (κ2) is 5.60. The van der Waals surface area contributed by atoms with E-state index in [0.717, 1.165) is 0 Å². The molecule has 0 N–H and O–H groups in total. The Morgan fingerprint density at radius 3 is 1.89 bits per heavy atom. The van der Waals surface area contributed by atoms with Gasteiger partial charge in [-0.1, -0.05) is 0 Å². The van der Waals surface area contributed by atoms with Gasteiger partial charge >= 0.3 is 11.9 Å². The Labute approximate surface area is 120 Å². The summed E-state index contributed by atoms with van der Waals surface area (Å²) in [4.78, 5) is 24.4. The second-order valence-corrected chi connectivity index (χ2v) is 15.9. The summed E-state index contributed by atoms with van der Waals surface area (Å²) in [6.45, 7) is 11.6. The Morgan fingerprint density at radius 2 is 1.42 bits per heavy atom. The summed E-state index contributed by atoms with van der Waals surface area (Å²) in [5.74, 6) is -0.848. The Hall–Kier alpha value is -0.926. The SMILES string of the molecule is C[Si](C)(C)OC(=O)c1ccsc1C(=O)O[Si](C)(C)C. The molecule has 106 valence electrons. The van der Waals surface area contributed by atoms with Crippen LogP contribution in [0.25, 0.3) is 0 Å². The fraction of sp³-hybridized carbons (Fsp3) is 0.500. The van der Waals surface area contributed by atoms with Crippen molar-refractivity contribution in [2.45, 2.75) is 39.3 Å². The molecule has 0 bridgehead atoms. The normalized spacial score (nSPS) is 12.1. The molecule has 0 saturated heterocycles. The van der Waals surface area contributed by atoms with Gasteiger partial charge in [0.25, 0.3) is 0 Å². The van der Waals surface area contributed by atoms with Crippen LogP contribution in [0.3, 0.4) is 0 Å². The molecule has 0 amide bonds. The van der Waals surface area contributed by atoms with E-state index in [4.69, 9.17) is 8.85 Å². The van der Waals surface area contributed by atoms with Crippen molar-refractivity contribution in [1.82, 2.24) is 0 Å². The molecule has 0 aromatic carbocycles. The summed E-state index contributed by atoms with van der Waals surface area (Å²) in [5, 5.41) is 1.71. The van der Waals surface area contributed by atoms with Gasteiger partial charge in [0.1, 0.15) is 4.88 Å². The smallest absolute Gasteiger partial charge is 0.335 e. The highest BCUT2D eigenvalue weighted by atomic mass is 32.1. The van der Waals surface area contributed by atoms with E-state index in [0.29, 0.717) is 10.4 Å². The Morgan fingerprint density at radius 1 is 0.947 bits per heavy atom. The molecule has 0 aliphatic heterocycles. The first kappa shape index (κ1) is 16.1. The summed E-state index contributed by atoms with van der Waals surface area (Å²) in [6.07, 6.45) is 0. The van der Waals surface area contributed by atoms with Gasteiger partial charge in [-0.15, -0.1) is 11.3 Å². The molecule has 19 heavy (non-hydrogen) atoms. The van der Waals surface area contributed by atoms with Crippen molar-refractivity contribution >= 4 is 39.9 Å². The summed E-state index contributed by atoms with van der Waals surface area (Å²) >= 11 is 1.21. The molecule has 0 aliphatic rings. The highest BCUT2D eigenvalue weighted by molar-refractivity contribution is 7.12. The van der Waals surface area contributed by atoms with Crippen molar-refractivity contribution in [2.75, 3.05) is 0 Å². The van der Waals surface area contributed by atoms with E-state index in [1.54, 1.807) is 11.4 Å². The average Bonchev–Trinajstić information content (AvgIpc) is 2.59. The fourth-order valence-corrected chi connectivity index (χ4v) is 3.44. The topological polar surface area (TPSA) is 52.6 Å². The first-order valence-corrected chi connectivity index (χ1v) is 13.7. The predicted octanol–water partition coefficient (Wildman–Crippen LogP) is 3.73. The molecule has 0 saturated carbocycles. The Balaban J connectivity index is 2.92. The first-order chi connectivity index (χ1) is 8.49. The van der Waals surface area contributed by atoms with E-state index in [1.807, 2.05) is 39.3 Å². The van der Waals surface area contributed by atoms with Crippen LogP contribution in [0, 0.1) is 0 Å². The molecule has 1 aromatic rings. The van der Waals surface area contributed by atoms with Gasteiger partial charge in [-0.05, 0) is 50.7 Å². The molecule has 0 fully saturated rings. The quantitative estimate of drug-likeness (QED) is 0.794. The van der Waals surface area contributed by atoms with Gasteiger partial charge < -0.3 is 8.85 Å². The zero-order valence-corrected chi connectivity index (χ0v) is 15.0. The molecule has 0 unspecified atom stereocenters. The number of hydrogen-bond acceptors (Lipinski definition) is 5. The zero-order chi connectivity index (χ0) is 14.8. The summed E-state index contributed by atoms with van der Waals surface area (Å²) < 4.78 is 10.8. The summed E-state index contributed by atoms with van der Waals surface area (Å²) in [5.41, 5.74) is 0.315. The van der Waals surface area contributed by atoms with E-state index in [1.165, 1.54) is 11.3 Å². The molecule has 7 heteroatoms. The predicted molar refractivity (Wildman–Crippen MR) is 81.8 cm³/mol. The molecule has 4 nitrogen and oxygen atoms in total. The number of carbonyl (C=O) groups is 2. The minimum absolute atomic E-state index is 0.315. The molecule has 1 heterocycles. The molecule has 1 aromatic heterocycles. The standard InChI is InChI=1S/C12H20O4SSi2/c1-18(2,3)15-11(13)9-7-8-17-10(9)12(14)16-19(4,5)6/h7-8H,1-6H3. The number of thiophene rings is 1. The number of rotatable bonds is 4. The van der Waals surface area contributed by atoms with Crippen LogP contribution < -0.4 is 0 Å². The molecule has 0 radical (unpaired) electrons. The molecule has 0 atom stereocenters. The maximum atomic E-state index is 12.0. The lowest BCUT2D eigenvalue weighted by atomic mass is 10.2. The van der Waals surface area contributed by atoms with E-state index < -0.39 is 28.6 Å². The summed E-state index contributed by atoms with van der Waals surface area (Å²) in [6, 6.07) is 1.62. The van der Waals surface area contributed by atoms with Gasteiger partial charge in [-0.2, -0.15) is 0 Å². The zero-order valence-electron chi connectivity index (χ0n) is 12.2. The van der Waals surface area contributed by atoms with Gasteiger partial charge in [0, 0.05) is 0 Å².